The van der Waals surface area contributed by atoms with Crippen molar-refractivity contribution in [3.8, 4) is 23.3 Å². The molecule has 1 aliphatic carbocycles. The van der Waals surface area contributed by atoms with Gasteiger partial charge in [-0.2, -0.15) is 5.26 Å². The molecule has 3 aromatic rings. The minimum Gasteiger partial charge on any atom is -0.497 e. The highest BCUT2D eigenvalue weighted by Crippen LogP contribution is 2.49. The number of nitrogens with one attached hydrogen (secondary N) is 1. The van der Waals surface area contributed by atoms with Gasteiger partial charge in [0.25, 0.3) is 0 Å². The summed E-state index contributed by atoms with van der Waals surface area (Å²) >= 11 is 8.47. The van der Waals surface area contributed by atoms with E-state index in [0.29, 0.717) is 73.5 Å². The first-order valence-electron chi connectivity index (χ1n) is 13.1. The monoisotopic (exact) mass is 638 g/mol. The second-order valence-corrected chi connectivity index (χ2v) is 12.1. The van der Waals surface area contributed by atoms with Gasteiger partial charge in [-0.05, 0) is 37.1 Å². The quantitative estimate of drug-likeness (QED) is 0.295. The van der Waals surface area contributed by atoms with Crippen LogP contribution >= 0.6 is 34.7 Å². The molecular formula is C29H27ClN6O5S2. The zero-order valence-electron chi connectivity index (χ0n) is 23.5. The summed E-state index contributed by atoms with van der Waals surface area (Å²) in [5.41, 5.74) is 9.13. The first-order chi connectivity index (χ1) is 20.8. The molecule has 3 N–H and O–H groups in total. The van der Waals surface area contributed by atoms with Gasteiger partial charge in [0, 0.05) is 34.3 Å². The molecule has 1 aromatic heterocycles. The number of methoxy groups -OCH3 is 3. The highest BCUT2D eigenvalue weighted by Gasteiger charge is 2.42. The van der Waals surface area contributed by atoms with Crippen LogP contribution in [-0.2, 0) is 9.59 Å². The number of thioether (sulfide) groups is 1. The van der Waals surface area contributed by atoms with Crippen LogP contribution in [0.1, 0.15) is 30.7 Å². The van der Waals surface area contributed by atoms with Crippen LogP contribution in [0.15, 0.2) is 63.4 Å². The van der Waals surface area contributed by atoms with Crippen molar-refractivity contribution in [3.63, 3.8) is 0 Å². The van der Waals surface area contributed by atoms with E-state index in [9.17, 15) is 14.9 Å². The molecule has 222 valence electrons. The summed E-state index contributed by atoms with van der Waals surface area (Å²) in [5.74, 6) is 0.690. The molecule has 0 radical (unpaired) electrons. The van der Waals surface area contributed by atoms with Gasteiger partial charge in [0.1, 0.15) is 23.1 Å². The van der Waals surface area contributed by atoms with Crippen LogP contribution in [0.3, 0.4) is 0 Å². The summed E-state index contributed by atoms with van der Waals surface area (Å²) in [4.78, 5) is 27.8. The van der Waals surface area contributed by atoms with E-state index in [2.05, 4.69) is 21.6 Å². The molecule has 43 heavy (non-hydrogen) atoms. The standard InChI is InChI=1S/C29H27ClN6O5S2/c1-39-16-8-9-17(23(12-16)41-3)25-18(13-31)27(32)36(20-5-4-6-21(37)26(20)25)28-34-35-29(43-28)42-14-24(38)33-19-11-15(30)7-10-22(19)40-2/h7-12,25H,4-6,14,32H2,1-3H3,(H,33,38). The molecule has 0 bridgehead atoms. The Morgan fingerprint density at radius 1 is 1.16 bits per heavy atom. The number of amides is 1. The van der Waals surface area contributed by atoms with Crippen molar-refractivity contribution >= 4 is 57.2 Å². The van der Waals surface area contributed by atoms with Crippen LogP contribution in [0.2, 0.25) is 5.02 Å². The first kappa shape index (κ1) is 30.2. The fraction of sp³-hybridized carbons (Fsp3) is 0.276. The Labute approximate surface area is 261 Å². The summed E-state index contributed by atoms with van der Waals surface area (Å²) in [6.07, 6.45) is 1.54. The number of aromatic nitrogens is 2. The number of nitrogens with zero attached hydrogens (tertiary/aromatic N) is 4. The molecule has 0 saturated heterocycles. The maximum absolute atomic E-state index is 13.5. The van der Waals surface area contributed by atoms with E-state index in [1.54, 1.807) is 48.4 Å². The fourth-order valence-corrected chi connectivity index (χ4v) is 6.97. The summed E-state index contributed by atoms with van der Waals surface area (Å²) in [6, 6.07) is 12.4. The molecule has 2 aliphatic rings. The summed E-state index contributed by atoms with van der Waals surface area (Å²) in [5, 5.41) is 22.5. The van der Waals surface area contributed by atoms with Gasteiger partial charge in [0.2, 0.25) is 11.0 Å². The number of hydrogen-bond acceptors (Lipinski definition) is 12. The maximum atomic E-state index is 13.5. The van der Waals surface area contributed by atoms with Crippen molar-refractivity contribution in [1.29, 1.82) is 5.26 Å². The average Bonchev–Trinajstić information content (AvgIpc) is 3.48. The second kappa shape index (κ2) is 12.9. The molecule has 11 nitrogen and oxygen atoms in total. The fourth-order valence-electron chi connectivity index (χ4n) is 5.12. The van der Waals surface area contributed by atoms with Gasteiger partial charge in [-0.1, -0.05) is 40.8 Å². The minimum absolute atomic E-state index is 0.0465. The zero-order chi connectivity index (χ0) is 30.7. The van der Waals surface area contributed by atoms with Gasteiger partial charge in [-0.15, -0.1) is 10.2 Å². The first-order valence-corrected chi connectivity index (χ1v) is 15.2. The Kier molecular flexibility index (Phi) is 9.10. The highest BCUT2D eigenvalue weighted by molar-refractivity contribution is 8.01. The van der Waals surface area contributed by atoms with E-state index >= 15 is 0 Å². The number of allylic oxidation sites excluding steroid dienone is 3. The Hall–Kier alpha value is -4.25. The number of ether oxygens (including phenoxy) is 3. The predicted molar refractivity (Wildman–Crippen MR) is 165 cm³/mol. The van der Waals surface area contributed by atoms with Crippen LogP contribution in [-0.4, -0.2) is 49.0 Å². The molecule has 5 rings (SSSR count). The van der Waals surface area contributed by atoms with Gasteiger partial charge in [-0.3, -0.25) is 14.5 Å². The second-order valence-electron chi connectivity index (χ2n) is 9.46. The Bertz CT molecular complexity index is 1700. The lowest BCUT2D eigenvalue weighted by Gasteiger charge is -2.38. The van der Waals surface area contributed by atoms with E-state index in [4.69, 9.17) is 31.5 Å². The summed E-state index contributed by atoms with van der Waals surface area (Å²) in [7, 11) is 4.58. The van der Waals surface area contributed by atoms with Gasteiger partial charge in [0.15, 0.2) is 10.1 Å². The van der Waals surface area contributed by atoms with Gasteiger partial charge < -0.3 is 25.3 Å². The molecular weight excluding hydrogens is 612 g/mol. The number of hydrogen-bond donors (Lipinski definition) is 2. The SMILES string of the molecule is COc1ccc(C2C(C#N)=C(N)N(c3nnc(SCC(=O)Nc4cc(Cl)ccc4OC)s3)C3=C2C(=O)CCC3)c(OC)c1. The van der Waals surface area contributed by atoms with Crippen molar-refractivity contribution in [1.82, 2.24) is 10.2 Å². The van der Waals surface area contributed by atoms with Crippen LogP contribution < -0.4 is 30.2 Å². The van der Waals surface area contributed by atoms with Crippen molar-refractivity contribution in [3.05, 3.63) is 69.6 Å². The van der Waals surface area contributed by atoms with Gasteiger partial charge in [-0.25, -0.2) is 0 Å². The molecule has 1 amide bonds. The normalized spacial score (nSPS) is 16.5. The van der Waals surface area contributed by atoms with Gasteiger partial charge >= 0.3 is 0 Å². The third kappa shape index (κ3) is 5.99. The number of nitriles is 1. The number of anilines is 2. The van der Waals surface area contributed by atoms with Gasteiger partial charge in [0.05, 0.1) is 50.3 Å². The smallest absolute Gasteiger partial charge is 0.234 e. The molecule has 1 aliphatic heterocycles. The molecule has 2 aromatic carbocycles. The number of ketones is 1. The number of Topliss-reactive ketones (excluding diaryl/α,β-unsaturated/α-hetero) is 1. The van der Waals surface area contributed by atoms with Crippen LogP contribution in [0.25, 0.3) is 0 Å². The molecule has 1 unspecified atom stereocenters. The van der Waals surface area contributed by atoms with E-state index in [-0.39, 0.29) is 28.8 Å². The molecule has 2 heterocycles. The molecule has 1 atom stereocenters. The Balaban J connectivity index is 1.44. The minimum atomic E-state index is -0.709. The third-order valence-corrected chi connectivity index (χ3v) is 9.29. The van der Waals surface area contributed by atoms with Crippen molar-refractivity contribution in [2.75, 3.05) is 37.3 Å². The van der Waals surface area contributed by atoms with E-state index in [0.717, 1.165) is 0 Å². The lowest BCUT2D eigenvalue weighted by Crippen LogP contribution is -2.38. The number of halogens is 1. The number of carbonyl (C=O) groups excluding carboxylic acids is 2. The molecule has 0 spiro atoms. The van der Waals surface area contributed by atoms with Crippen molar-refractivity contribution in [2.45, 2.75) is 29.5 Å². The zero-order valence-corrected chi connectivity index (χ0v) is 25.9. The number of rotatable bonds is 9. The largest absolute Gasteiger partial charge is 0.497 e. The summed E-state index contributed by atoms with van der Waals surface area (Å²) in [6.45, 7) is 0. The highest BCUT2D eigenvalue weighted by atomic mass is 35.5. The van der Waals surface area contributed by atoms with Crippen molar-refractivity contribution < 1.29 is 23.8 Å². The van der Waals surface area contributed by atoms with Crippen LogP contribution in [0, 0.1) is 11.3 Å². The topological polar surface area (TPSA) is 153 Å². The lowest BCUT2D eigenvalue weighted by molar-refractivity contribution is -0.116. The molecule has 0 fully saturated rings. The van der Waals surface area contributed by atoms with E-state index in [1.165, 1.54) is 37.3 Å². The number of nitrogens with two attached hydrogens (primary N) is 1. The number of benzene rings is 2. The molecule has 14 heteroatoms. The lowest BCUT2D eigenvalue weighted by atomic mass is 9.75. The maximum Gasteiger partial charge on any atom is 0.234 e. The Morgan fingerprint density at radius 2 is 1.95 bits per heavy atom. The summed E-state index contributed by atoms with van der Waals surface area (Å²) < 4.78 is 16.8. The van der Waals surface area contributed by atoms with Crippen molar-refractivity contribution in [2.24, 2.45) is 5.73 Å². The number of carbonyl (C=O) groups is 2. The van der Waals surface area contributed by atoms with E-state index < -0.39 is 5.92 Å². The molecule has 0 saturated carbocycles. The van der Waals surface area contributed by atoms with Crippen LogP contribution in [0.5, 0.6) is 17.2 Å². The Morgan fingerprint density at radius 3 is 2.67 bits per heavy atom. The predicted octanol–water partition coefficient (Wildman–Crippen LogP) is 5.25. The van der Waals surface area contributed by atoms with Crippen LogP contribution in [0.4, 0.5) is 10.8 Å². The average molecular weight is 639 g/mol. The third-order valence-electron chi connectivity index (χ3n) is 7.01. The van der Waals surface area contributed by atoms with E-state index in [1.807, 2.05) is 0 Å².